The van der Waals surface area contributed by atoms with E-state index in [1.807, 2.05) is 0 Å². The summed E-state index contributed by atoms with van der Waals surface area (Å²) in [5.41, 5.74) is -4.60. The van der Waals surface area contributed by atoms with Crippen molar-refractivity contribution in [3.8, 4) is 0 Å². The molecule has 0 heterocycles. The smallest absolute Gasteiger partial charge is 0.178 e. The molecule has 0 radical (unpaired) electrons. The fourth-order valence-electron chi connectivity index (χ4n) is 6.90. The first-order chi connectivity index (χ1) is 13.0. The third-order valence-corrected chi connectivity index (χ3v) is 8.16. The molecule has 154 valence electrons. The fourth-order valence-corrected chi connectivity index (χ4v) is 6.90. The molecule has 0 aromatic heterocycles. The van der Waals surface area contributed by atoms with Crippen molar-refractivity contribution in [1.29, 1.82) is 0 Å². The van der Waals surface area contributed by atoms with Crippen LogP contribution in [0.2, 0.25) is 0 Å². The highest BCUT2D eigenvalue weighted by Gasteiger charge is 2.73. The van der Waals surface area contributed by atoms with Crippen molar-refractivity contribution >= 4 is 11.6 Å². The van der Waals surface area contributed by atoms with Crippen LogP contribution in [0, 0.1) is 28.6 Å². The van der Waals surface area contributed by atoms with Crippen LogP contribution in [-0.4, -0.2) is 57.5 Å². The molecule has 0 aromatic carbocycles. The van der Waals surface area contributed by atoms with Crippen LogP contribution in [0.1, 0.15) is 33.1 Å². The van der Waals surface area contributed by atoms with E-state index < -0.39 is 70.8 Å². The molecule has 4 rings (SSSR count). The van der Waals surface area contributed by atoms with Gasteiger partial charge in [-0.3, -0.25) is 9.59 Å². The minimum absolute atomic E-state index is 0.0444. The van der Waals surface area contributed by atoms with E-state index in [9.17, 15) is 24.9 Å². The number of Topliss-reactive ketones (excluding diaryl/α,β-unsaturated/α-hetero) is 1. The van der Waals surface area contributed by atoms with Crippen LogP contribution < -0.4 is 0 Å². The number of halogens is 2. The van der Waals surface area contributed by atoms with Crippen LogP contribution in [0.15, 0.2) is 23.8 Å². The molecular formula is C21H26F2O5. The minimum atomic E-state index is -2.22. The lowest BCUT2D eigenvalue weighted by molar-refractivity contribution is -0.202. The number of alkyl halides is 2. The molecule has 1 unspecified atom stereocenters. The van der Waals surface area contributed by atoms with Gasteiger partial charge in [0, 0.05) is 11.3 Å². The van der Waals surface area contributed by atoms with E-state index in [0.29, 0.717) is 0 Å². The largest absolute Gasteiger partial charge is 0.392 e. The zero-order valence-electron chi connectivity index (χ0n) is 15.9. The Morgan fingerprint density at radius 2 is 1.93 bits per heavy atom. The lowest BCUT2D eigenvalue weighted by Gasteiger charge is -2.62. The molecular weight excluding hydrogens is 370 g/mol. The Kier molecular flexibility index (Phi) is 4.28. The maximum Gasteiger partial charge on any atom is 0.178 e. The van der Waals surface area contributed by atoms with E-state index in [-0.39, 0.29) is 24.8 Å². The van der Waals surface area contributed by atoms with Gasteiger partial charge in [-0.1, -0.05) is 13.0 Å². The second-order valence-electron chi connectivity index (χ2n) is 9.35. The van der Waals surface area contributed by atoms with Crippen molar-refractivity contribution in [2.24, 2.45) is 28.6 Å². The summed E-state index contributed by atoms with van der Waals surface area (Å²) in [7, 11) is 0. The van der Waals surface area contributed by atoms with Crippen molar-refractivity contribution in [1.82, 2.24) is 0 Å². The van der Waals surface area contributed by atoms with Crippen molar-refractivity contribution in [3.05, 3.63) is 23.8 Å². The summed E-state index contributed by atoms with van der Waals surface area (Å²) in [5, 5.41) is 30.9. The minimum Gasteiger partial charge on any atom is -0.392 e. The first-order valence-corrected chi connectivity index (χ1v) is 9.78. The number of rotatable bonds is 2. The average Bonchev–Trinajstić information content (AvgIpc) is 2.89. The van der Waals surface area contributed by atoms with Gasteiger partial charge in [0.05, 0.1) is 18.1 Å². The number of fused-ring (bicyclic) bond motifs is 5. The molecule has 0 saturated heterocycles. The summed E-state index contributed by atoms with van der Waals surface area (Å²) in [4.78, 5) is 24.1. The van der Waals surface area contributed by atoms with Gasteiger partial charge >= 0.3 is 0 Å². The average molecular weight is 396 g/mol. The zero-order chi connectivity index (χ0) is 20.6. The molecule has 3 fully saturated rings. The van der Waals surface area contributed by atoms with E-state index in [1.54, 1.807) is 6.92 Å². The molecule has 0 aliphatic heterocycles. The highest BCUT2D eigenvalue weighted by atomic mass is 19.1. The predicted octanol–water partition coefficient (Wildman–Crippen LogP) is 1.45. The molecule has 0 bridgehead atoms. The summed E-state index contributed by atoms with van der Waals surface area (Å²) in [5.74, 6) is -3.33. The van der Waals surface area contributed by atoms with Gasteiger partial charge in [-0.05, 0) is 55.2 Å². The highest BCUT2D eigenvalue weighted by molar-refractivity contribution is 6.01. The topological polar surface area (TPSA) is 94.8 Å². The Labute approximate surface area is 162 Å². The number of carbonyl (C=O) groups excluding carboxylic acids is 2. The number of ketones is 2. The maximum atomic E-state index is 16.7. The van der Waals surface area contributed by atoms with Crippen LogP contribution >= 0.6 is 0 Å². The van der Waals surface area contributed by atoms with Crippen LogP contribution in [-0.2, 0) is 9.59 Å². The second kappa shape index (κ2) is 6.03. The fraction of sp³-hybridized carbons (Fsp3) is 0.714. The Balaban J connectivity index is 1.84. The van der Waals surface area contributed by atoms with Gasteiger partial charge in [0.15, 0.2) is 17.2 Å². The summed E-state index contributed by atoms with van der Waals surface area (Å²) in [6.45, 7) is 2.48. The number of aliphatic hydroxyl groups is 3. The van der Waals surface area contributed by atoms with Gasteiger partial charge in [0.2, 0.25) is 0 Å². The zero-order valence-corrected chi connectivity index (χ0v) is 15.9. The van der Waals surface area contributed by atoms with Gasteiger partial charge < -0.3 is 15.3 Å². The van der Waals surface area contributed by atoms with Crippen molar-refractivity contribution < 1.29 is 33.7 Å². The predicted molar refractivity (Wildman–Crippen MR) is 95.6 cm³/mol. The molecule has 4 aliphatic rings. The van der Waals surface area contributed by atoms with Crippen LogP contribution in [0.4, 0.5) is 8.78 Å². The van der Waals surface area contributed by atoms with Gasteiger partial charge in [-0.15, -0.1) is 0 Å². The third kappa shape index (κ3) is 2.21. The third-order valence-electron chi connectivity index (χ3n) is 8.16. The lowest BCUT2D eigenvalue weighted by Crippen LogP contribution is -2.68. The van der Waals surface area contributed by atoms with Gasteiger partial charge in [-0.25, -0.2) is 8.78 Å². The first kappa shape index (κ1) is 19.9. The second-order valence-corrected chi connectivity index (χ2v) is 9.35. The van der Waals surface area contributed by atoms with Crippen molar-refractivity contribution in [2.45, 2.75) is 57.2 Å². The first-order valence-electron chi connectivity index (χ1n) is 9.78. The Morgan fingerprint density at radius 1 is 1.25 bits per heavy atom. The van der Waals surface area contributed by atoms with Crippen molar-refractivity contribution in [3.63, 3.8) is 0 Å². The van der Waals surface area contributed by atoms with Gasteiger partial charge in [-0.2, -0.15) is 0 Å². The molecule has 7 heteroatoms. The lowest BCUT2D eigenvalue weighted by atomic mass is 9.45. The monoisotopic (exact) mass is 396 g/mol. The van der Waals surface area contributed by atoms with Gasteiger partial charge in [0.1, 0.15) is 12.8 Å². The molecule has 3 N–H and O–H groups in total. The highest BCUT2D eigenvalue weighted by Crippen LogP contribution is 2.69. The summed E-state index contributed by atoms with van der Waals surface area (Å²) in [6, 6.07) is 0. The molecule has 0 amide bonds. The number of allylic oxidation sites excluding steroid dienone is 4. The van der Waals surface area contributed by atoms with E-state index in [4.69, 9.17) is 0 Å². The maximum absolute atomic E-state index is 16.7. The van der Waals surface area contributed by atoms with E-state index in [1.165, 1.54) is 19.1 Å². The van der Waals surface area contributed by atoms with E-state index >= 15 is 8.78 Å². The Bertz CT molecular complexity index is 794. The summed E-state index contributed by atoms with van der Waals surface area (Å²) >= 11 is 0. The van der Waals surface area contributed by atoms with E-state index in [2.05, 4.69) is 0 Å². The summed E-state index contributed by atoms with van der Waals surface area (Å²) < 4.78 is 31.9. The number of aliphatic hydroxyl groups excluding tert-OH is 3. The Morgan fingerprint density at radius 3 is 2.57 bits per heavy atom. The van der Waals surface area contributed by atoms with Crippen LogP contribution in [0.3, 0.4) is 0 Å². The Hall–Kier alpha value is -1.44. The van der Waals surface area contributed by atoms with Gasteiger partial charge in [0.25, 0.3) is 0 Å². The van der Waals surface area contributed by atoms with Crippen LogP contribution in [0.5, 0.6) is 0 Å². The molecule has 0 aromatic rings. The summed E-state index contributed by atoms with van der Waals surface area (Å²) in [6.07, 6.45) is -0.619. The SMILES string of the molecule is C[C@]12C[C@H](O)[C@@]3(F)C(C[C@H](F)C4=CC(=O)C=C[C@@]43C)[C@@H]1C[C@@H](O)[C@@H]2C(=O)CO. The number of carbonyl (C=O) groups is 2. The van der Waals surface area contributed by atoms with Crippen molar-refractivity contribution in [2.75, 3.05) is 6.61 Å². The molecule has 28 heavy (non-hydrogen) atoms. The van der Waals surface area contributed by atoms with Crippen LogP contribution in [0.25, 0.3) is 0 Å². The normalized spacial score (nSPS) is 52.5. The standard InChI is InChI=1S/C21H26F2O5/c1-19-8-17(28)21(23)12(11(19)7-15(26)18(19)16(27)9-24)6-14(22)13-5-10(25)3-4-20(13,21)2/h3-5,11-12,14-15,17-18,24,26,28H,6-9H2,1-2H3/t11-,12?,14-,15+,17-,18+,19-,20-,21-/m0/s1. The number of hydrogen-bond acceptors (Lipinski definition) is 5. The number of hydrogen-bond donors (Lipinski definition) is 3. The van der Waals surface area contributed by atoms with E-state index in [0.717, 1.165) is 6.08 Å². The molecule has 3 saturated carbocycles. The molecule has 9 atom stereocenters. The molecule has 0 spiro atoms. The molecule has 4 aliphatic carbocycles. The quantitative estimate of drug-likeness (QED) is 0.657. The molecule has 5 nitrogen and oxygen atoms in total.